The number of fused-ring (bicyclic) bond motifs is 1. The Kier molecular flexibility index (Phi) is 10.2. The van der Waals surface area contributed by atoms with Crippen molar-refractivity contribution in [2.45, 2.75) is 81.8 Å². The van der Waals surface area contributed by atoms with E-state index >= 15 is 0 Å². The van der Waals surface area contributed by atoms with E-state index in [1.807, 2.05) is 24.3 Å². The SMILES string of the molecule is O=S(=O)(c1ccccc1)n1cc(CN(CCCCNC2CCCCCCC2)Cc2cccnc2F)c2ccccc21. The second kappa shape index (κ2) is 14.2. The van der Waals surface area contributed by atoms with Crippen LogP contribution in [0.5, 0.6) is 0 Å². The molecule has 1 saturated carbocycles. The van der Waals surface area contributed by atoms with Gasteiger partial charge in [0.25, 0.3) is 10.0 Å². The lowest BCUT2D eigenvalue weighted by molar-refractivity contribution is 0.246. The molecule has 0 bridgehead atoms. The summed E-state index contributed by atoms with van der Waals surface area (Å²) in [5, 5.41) is 4.66. The standard InChI is InChI=1S/C33H41FN4O2S/c34-33-27(14-13-22-36-33)24-37(23-12-11-21-35-29-15-5-2-1-3-6-16-29)25-28-26-38(32-20-10-9-19-31(28)32)41(39,40)30-17-7-4-8-18-30/h4,7-10,13-14,17-20,22,26,29,35H,1-3,5-6,11-12,15-16,21,23-25H2. The molecule has 4 aromatic rings. The highest BCUT2D eigenvalue weighted by atomic mass is 32.2. The Morgan fingerprint density at radius 2 is 1.56 bits per heavy atom. The molecule has 2 heterocycles. The summed E-state index contributed by atoms with van der Waals surface area (Å²) in [5.74, 6) is -0.461. The fraction of sp³-hybridized carbons (Fsp3) is 0.424. The van der Waals surface area contributed by atoms with Crippen LogP contribution in [0.2, 0.25) is 0 Å². The first kappa shape index (κ1) is 29.4. The van der Waals surface area contributed by atoms with Crippen LogP contribution < -0.4 is 5.32 Å². The zero-order valence-corrected chi connectivity index (χ0v) is 24.5. The van der Waals surface area contributed by atoms with Crippen molar-refractivity contribution in [3.8, 4) is 0 Å². The van der Waals surface area contributed by atoms with Gasteiger partial charge in [0.05, 0.1) is 10.4 Å². The first-order chi connectivity index (χ1) is 20.0. The highest BCUT2D eigenvalue weighted by Gasteiger charge is 2.22. The van der Waals surface area contributed by atoms with Gasteiger partial charge in [0.1, 0.15) is 0 Å². The molecule has 0 saturated heterocycles. The third-order valence-electron chi connectivity index (χ3n) is 8.12. The Labute approximate surface area is 243 Å². The van der Waals surface area contributed by atoms with Gasteiger partial charge in [-0.1, -0.05) is 74.6 Å². The van der Waals surface area contributed by atoms with Crippen LogP contribution in [-0.2, 0) is 23.1 Å². The Balaban J connectivity index is 1.32. The lowest BCUT2D eigenvalue weighted by Gasteiger charge is -2.23. The first-order valence-corrected chi connectivity index (χ1v) is 16.4. The number of hydrogen-bond donors (Lipinski definition) is 1. The summed E-state index contributed by atoms with van der Waals surface area (Å²) in [6.45, 7) is 2.66. The van der Waals surface area contributed by atoms with Gasteiger partial charge in [-0.05, 0) is 68.6 Å². The predicted molar refractivity (Wildman–Crippen MR) is 163 cm³/mol. The molecule has 1 fully saturated rings. The van der Waals surface area contributed by atoms with Gasteiger partial charge in [0, 0.05) is 42.5 Å². The van der Waals surface area contributed by atoms with Crippen LogP contribution in [0.25, 0.3) is 10.9 Å². The second-order valence-corrected chi connectivity index (χ2v) is 13.0. The molecular formula is C33H41FN4O2S. The van der Waals surface area contributed by atoms with Crippen LogP contribution in [0.15, 0.2) is 84.0 Å². The third-order valence-corrected chi connectivity index (χ3v) is 9.81. The van der Waals surface area contributed by atoms with Crippen LogP contribution in [0.3, 0.4) is 0 Å². The molecular weight excluding hydrogens is 535 g/mol. The minimum Gasteiger partial charge on any atom is -0.314 e. The Bertz CT molecular complexity index is 1500. The van der Waals surface area contributed by atoms with Crippen molar-refractivity contribution in [3.63, 3.8) is 0 Å². The molecule has 2 aromatic heterocycles. The van der Waals surface area contributed by atoms with Gasteiger partial charge in [-0.2, -0.15) is 4.39 Å². The molecule has 8 heteroatoms. The van der Waals surface area contributed by atoms with Crippen LogP contribution >= 0.6 is 0 Å². The minimum atomic E-state index is -3.77. The highest BCUT2D eigenvalue weighted by Crippen LogP contribution is 2.28. The van der Waals surface area contributed by atoms with Crippen molar-refractivity contribution in [3.05, 3.63) is 96.2 Å². The van der Waals surface area contributed by atoms with Crippen molar-refractivity contribution in [1.29, 1.82) is 0 Å². The summed E-state index contributed by atoms with van der Waals surface area (Å²) in [6, 6.07) is 20.2. The molecule has 2 aromatic carbocycles. The van der Waals surface area contributed by atoms with E-state index in [2.05, 4.69) is 15.2 Å². The van der Waals surface area contributed by atoms with Crippen LogP contribution in [0, 0.1) is 5.95 Å². The predicted octanol–water partition coefficient (Wildman–Crippen LogP) is 6.90. The maximum atomic E-state index is 14.6. The van der Waals surface area contributed by atoms with E-state index in [-0.39, 0.29) is 4.90 Å². The lowest BCUT2D eigenvalue weighted by Crippen LogP contribution is -2.31. The van der Waals surface area contributed by atoms with Crippen molar-refractivity contribution >= 4 is 20.9 Å². The Morgan fingerprint density at radius 1 is 0.854 bits per heavy atom. The normalized spacial score (nSPS) is 15.3. The van der Waals surface area contributed by atoms with Crippen LogP contribution in [-0.4, -0.2) is 41.4 Å². The average molecular weight is 577 g/mol. The molecule has 0 atom stereocenters. The molecule has 218 valence electrons. The summed E-state index contributed by atoms with van der Waals surface area (Å²) >= 11 is 0. The van der Waals surface area contributed by atoms with Crippen molar-refractivity contribution in [2.24, 2.45) is 0 Å². The third kappa shape index (κ3) is 7.61. The number of halogens is 1. The van der Waals surface area contributed by atoms with Crippen molar-refractivity contribution < 1.29 is 12.8 Å². The minimum absolute atomic E-state index is 0.249. The molecule has 0 spiro atoms. The topological polar surface area (TPSA) is 67.2 Å². The van der Waals surface area contributed by atoms with E-state index in [1.54, 1.807) is 48.7 Å². The van der Waals surface area contributed by atoms with E-state index in [4.69, 9.17) is 0 Å². The zero-order chi connectivity index (χ0) is 28.5. The molecule has 0 amide bonds. The summed E-state index contributed by atoms with van der Waals surface area (Å²) in [7, 11) is -3.77. The van der Waals surface area contributed by atoms with E-state index < -0.39 is 16.0 Å². The van der Waals surface area contributed by atoms with Gasteiger partial charge in [-0.25, -0.2) is 17.4 Å². The second-order valence-electron chi connectivity index (χ2n) is 11.2. The molecule has 0 aliphatic heterocycles. The number of unbranched alkanes of at least 4 members (excludes halogenated alkanes) is 1. The first-order valence-electron chi connectivity index (χ1n) is 15.0. The van der Waals surface area contributed by atoms with Crippen molar-refractivity contribution in [1.82, 2.24) is 19.2 Å². The molecule has 1 N–H and O–H groups in total. The molecule has 0 radical (unpaired) electrons. The number of rotatable bonds is 12. The van der Waals surface area contributed by atoms with Gasteiger partial charge in [0.2, 0.25) is 5.95 Å². The fourth-order valence-corrected chi connectivity index (χ4v) is 7.32. The number of nitrogens with one attached hydrogen (secondary N) is 1. The van der Waals surface area contributed by atoms with Crippen LogP contribution in [0.1, 0.15) is 68.9 Å². The van der Waals surface area contributed by atoms with Gasteiger partial charge in [-0.15, -0.1) is 0 Å². The fourth-order valence-electron chi connectivity index (χ4n) is 5.91. The summed E-state index contributed by atoms with van der Waals surface area (Å²) in [6.07, 6.45) is 14.4. The van der Waals surface area contributed by atoms with Gasteiger partial charge >= 0.3 is 0 Å². The number of hydrogen-bond acceptors (Lipinski definition) is 5. The summed E-state index contributed by atoms with van der Waals surface area (Å²) in [4.78, 5) is 6.30. The quantitative estimate of drug-likeness (QED) is 0.147. The summed E-state index contributed by atoms with van der Waals surface area (Å²) < 4.78 is 43.1. The maximum absolute atomic E-state index is 14.6. The maximum Gasteiger partial charge on any atom is 0.268 e. The van der Waals surface area contributed by atoms with E-state index in [1.165, 1.54) is 55.1 Å². The van der Waals surface area contributed by atoms with E-state index in [0.29, 0.717) is 30.2 Å². The average Bonchev–Trinajstić information content (AvgIpc) is 3.34. The lowest BCUT2D eigenvalue weighted by atomic mass is 9.97. The number of para-hydroxylation sites is 1. The molecule has 0 unspecified atom stereocenters. The molecule has 1 aliphatic carbocycles. The molecule has 6 nitrogen and oxygen atoms in total. The van der Waals surface area contributed by atoms with Gasteiger partial charge in [-0.3, -0.25) is 4.90 Å². The Morgan fingerprint density at radius 3 is 2.34 bits per heavy atom. The summed E-state index contributed by atoms with van der Waals surface area (Å²) in [5.41, 5.74) is 2.08. The van der Waals surface area contributed by atoms with Crippen LogP contribution in [0.4, 0.5) is 4.39 Å². The molecule has 5 rings (SSSR count). The number of aromatic nitrogens is 2. The Hall–Kier alpha value is -3.07. The smallest absolute Gasteiger partial charge is 0.268 e. The number of pyridine rings is 1. The monoisotopic (exact) mass is 576 g/mol. The molecule has 41 heavy (non-hydrogen) atoms. The van der Waals surface area contributed by atoms with E-state index in [0.717, 1.165) is 36.9 Å². The van der Waals surface area contributed by atoms with Gasteiger partial charge in [0.15, 0.2) is 0 Å². The highest BCUT2D eigenvalue weighted by molar-refractivity contribution is 7.90. The van der Waals surface area contributed by atoms with Crippen molar-refractivity contribution in [2.75, 3.05) is 13.1 Å². The number of nitrogens with zero attached hydrogens (tertiary/aromatic N) is 3. The number of benzene rings is 2. The zero-order valence-electron chi connectivity index (χ0n) is 23.7. The van der Waals surface area contributed by atoms with Gasteiger partial charge < -0.3 is 5.32 Å². The van der Waals surface area contributed by atoms with E-state index in [9.17, 15) is 12.8 Å². The largest absolute Gasteiger partial charge is 0.314 e. The molecule has 1 aliphatic rings.